The third-order valence-electron chi connectivity index (χ3n) is 4.95. The summed E-state index contributed by atoms with van der Waals surface area (Å²) in [7, 11) is 0. The summed E-state index contributed by atoms with van der Waals surface area (Å²) in [4.78, 5) is 33.9. The zero-order valence-corrected chi connectivity index (χ0v) is 19.4. The number of nitrogens with zero attached hydrogens (tertiary/aromatic N) is 2. The third kappa shape index (κ3) is 4.82. The number of benzene rings is 2. The lowest BCUT2D eigenvalue weighted by Crippen LogP contribution is -2.21. The Labute approximate surface area is 205 Å². The van der Waals surface area contributed by atoms with Crippen LogP contribution in [0, 0.1) is 5.82 Å². The summed E-state index contributed by atoms with van der Waals surface area (Å²) in [6, 6.07) is 15.8. The molecule has 5 aromatic rings. The van der Waals surface area contributed by atoms with Gasteiger partial charge in [0, 0.05) is 4.47 Å². The molecule has 0 bridgehead atoms. The fraction of sp³-hybridized carbons (Fsp3) is 0.0400. The number of ether oxygens (including phenoxy) is 1. The molecule has 0 radical (unpaired) electrons. The molecule has 3 aromatic heterocycles. The van der Waals surface area contributed by atoms with Crippen molar-refractivity contribution >= 4 is 44.5 Å². The van der Waals surface area contributed by atoms with Crippen molar-refractivity contribution in [3.8, 4) is 22.9 Å². The number of furan rings is 2. The van der Waals surface area contributed by atoms with Gasteiger partial charge in [-0.1, -0.05) is 15.9 Å². The Balaban J connectivity index is 1.36. The summed E-state index contributed by atoms with van der Waals surface area (Å²) >= 11 is 3.14. The minimum absolute atomic E-state index is 0.0203. The van der Waals surface area contributed by atoms with Gasteiger partial charge in [0.05, 0.1) is 34.8 Å². The fourth-order valence-corrected chi connectivity index (χ4v) is 3.68. The summed E-state index contributed by atoms with van der Waals surface area (Å²) < 4.78 is 30.5. The first-order valence-corrected chi connectivity index (χ1v) is 11.1. The van der Waals surface area contributed by atoms with Crippen LogP contribution in [0.5, 0.6) is 0 Å². The maximum absolute atomic E-state index is 13.9. The number of hydrogen-bond acceptors (Lipinski definition) is 7. The monoisotopic (exact) mass is 535 g/mol. The van der Waals surface area contributed by atoms with E-state index in [1.54, 1.807) is 36.4 Å². The topological polar surface area (TPSA) is 107 Å². The van der Waals surface area contributed by atoms with Gasteiger partial charge in [0.25, 0.3) is 5.91 Å². The van der Waals surface area contributed by atoms with Gasteiger partial charge >= 0.3 is 5.97 Å². The summed E-state index contributed by atoms with van der Waals surface area (Å²) in [6.45, 7) is -0.590. The lowest BCUT2D eigenvalue weighted by molar-refractivity contribution is -0.119. The van der Waals surface area contributed by atoms with E-state index in [2.05, 4.69) is 31.2 Å². The SMILES string of the molecule is O=C(COC(=O)c1ccc2nc(-c3ccco3)c(-c3ccco3)nc2c1)Nc1ccc(Br)cc1F. The molecular weight excluding hydrogens is 521 g/mol. The second kappa shape index (κ2) is 9.51. The van der Waals surface area contributed by atoms with Crippen molar-refractivity contribution in [3.05, 3.63) is 89.0 Å². The van der Waals surface area contributed by atoms with E-state index in [1.165, 1.54) is 36.8 Å². The van der Waals surface area contributed by atoms with Gasteiger partial charge in [-0.25, -0.2) is 19.2 Å². The summed E-state index contributed by atoms with van der Waals surface area (Å²) in [5.74, 6) is -1.04. The number of anilines is 1. The van der Waals surface area contributed by atoms with Crippen LogP contribution in [0.25, 0.3) is 33.9 Å². The highest BCUT2D eigenvalue weighted by Gasteiger charge is 2.19. The van der Waals surface area contributed by atoms with Gasteiger partial charge in [0.2, 0.25) is 0 Å². The van der Waals surface area contributed by atoms with E-state index < -0.39 is 24.3 Å². The zero-order chi connectivity index (χ0) is 24.4. The Morgan fingerprint density at radius 2 is 1.60 bits per heavy atom. The van der Waals surface area contributed by atoms with Crippen molar-refractivity contribution in [2.75, 3.05) is 11.9 Å². The highest BCUT2D eigenvalue weighted by Crippen LogP contribution is 2.31. The molecule has 0 saturated carbocycles. The van der Waals surface area contributed by atoms with E-state index >= 15 is 0 Å². The first kappa shape index (κ1) is 22.5. The molecule has 0 spiro atoms. The number of amides is 1. The number of hydrogen-bond donors (Lipinski definition) is 1. The van der Waals surface area contributed by atoms with Crippen molar-refractivity contribution in [3.63, 3.8) is 0 Å². The maximum atomic E-state index is 13.9. The van der Waals surface area contributed by atoms with Crippen LogP contribution in [-0.4, -0.2) is 28.5 Å². The molecule has 8 nitrogen and oxygen atoms in total. The summed E-state index contributed by atoms with van der Waals surface area (Å²) in [6.07, 6.45) is 3.06. The van der Waals surface area contributed by atoms with Crippen molar-refractivity contribution in [2.24, 2.45) is 0 Å². The minimum atomic E-state index is -0.741. The van der Waals surface area contributed by atoms with Crippen LogP contribution in [0.1, 0.15) is 10.4 Å². The Hall–Kier alpha value is -4.31. The van der Waals surface area contributed by atoms with E-state index in [-0.39, 0.29) is 11.3 Å². The molecule has 2 aromatic carbocycles. The van der Waals surface area contributed by atoms with Crippen molar-refractivity contribution in [2.45, 2.75) is 0 Å². The molecule has 10 heteroatoms. The van der Waals surface area contributed by atoms with Crippen LogP contribution in [0.15, 0.2) is 86.5 Å². The fourth-order valence-electron chi connectivity index (χ4n) is 3.34. The van der Waals surface area contributed by atoms with Gasteiger partial charge < -0.3 is 18.9 Å². The normalized spacial score (nSPS) is 10.9. The number of esters is 1. The summed E-state index contributed by atoms with van der Waals surface area (Å²) in [5.41, 5.74) is 2.02. The van der Waals surface area contributed by atoms with Crippen LogP contribution in [0.3, 0.4) is 0 Å². The Bertz CT molecular complexity index is 1530. The van der Waals surface area contributed by atoms with E-state index in [0.717, 1.165) is 0 Å². The van der Waals surface area contributed by atoms with Gasteiger partial charge in [-0.3, -0.25) is 4.79 Å². The standard InChI is InChI=1S/C25H15BrFN3O5/c26-15-6-8-17(16(27)12-15)28-22(31)13-35-25(32)14-5-7-18-19(11-14)30-24(21-4-2-10-34-21)23(29-18)20-3-1-9-33-20/h1-12H,13H2,(H,28,31). The predicted molar refractivity (Wildman–Crippen MR) is 128 cm³/mol. The Kier molecular flexibility index (Phi) is 6.11. The van der Waals surface area contributed by atoms with Crippen LogP contribution in [-0.2, 0) is 9.53 Å². The molecule has 1 amide bonds. The smallest absolute Gasteiger partial charge is 0.338 e. The van der Waals surface area contributed by atoms with E-state index in [1.807, 2.05) is 0 Å². The van der Waals surface area contributed by atoms with Gasteiger partial charge in [-0.2, -0.15) is 0 Å². The minimum Gasteiger partial charge on any atom is -0.463 e. The Morgan fingerprint density at radius 3 is 2.23 bits per heavy atom. The van der Waals surface area contributed by atoms with Crippen molar-refractivity contribution in [1.82, 2.24) is 9.97 Å². The van der Waals surface area contributed by atoms with Crippen LogP contribution in [0.4, 0.5) is 10.1 Å². The molecule has 0 unspecified atom stereocenters. The molecule has 0 atom stereocenters. The van der Waals surface area contributed by atoms with Crippen LogP contribution < -0.4 is 5.32 Å². The molecule has 0 saturated heterocycles. The van der Waals surface area contributed by atoms with E-state index in [4.69, 9.17) is 13.6 Å². The average molecular weight is 536 g/mol. The number of carbonyl (C=O) groups is 2. The lowest BCUT2D eigenvalue weighted by atomic mass is 10.1. The number of nitrogens with one attached hydrogen (secondary N) is 1. The average Bonchev–Trinajstić information content (AvgIpc) is 3.58. The van der Waals surface area contributed by atoms with Gasteiger partial charge in [0.15, 0.2) is 18.1 Å². The van der Waals surface area contributed by atoms with E-state index in [9.17, 15) is 14.0 Å². The van der Waals surface area contributed by atoms with Crippen LogP contribution in [0.2, 0.25) is 0 Å². The molecule has 3 heterocycles. The number of aromatic nitrogens is 2. The molecule has 35 heavy (non-hydrogen) atoms. The highest BCUT2D eigenvalue weighted by molar-refractivity contribution is 9.10. The molecule has 5 rings (SSSR count). The Morgan fingerprint density at radius 1 is 0.914 bits per heavy atom. The van der Waals surface area contributed by atoms with E-state index in [0.29, 0.717) is 38.4 Å². The molecular formula is C25H15BrFN3O5. The lowest BCUT2D eigenvalue weighted by Gasteiger charge is -2.09. The molecule has 0 aliphatic carbocycles. The number of fused-ring (bicyclic) bond motifs is 1. The molecule has 0 aliphatic heterocycles. The second-order valence-electron chi connectivity index (χ2n) is 7.33. The quantitative estimate of drug-likeness (QED) is 0.272. The van der Waals surface area contributed by atoms with Crippen molar-refractivity contribution < 1.29 is 27.6 Å². The largest absolute Gasteiger partial charge is 0.463 e. The molecule has 0 fully saturated rings. The predicted octanol–water partition coefficient (Wildman–Crippen LogP) is 5.85. The van der Waals surface area contributed by atoms with Crippen LogP contribution >= 0.6 is 15.9 Å². The van der Waals surface area contributed by atoms with Gasteiger partial charge in [-0.15, -0.1) is 0 Å². The first-order valence-electron chi connectivity index (χ1n) is 10.3. The molecule has 0 aliphatic rings. The summed E-state index contributed by atoms with van der Waals surface area (Å²) in [5, 5.41) is 2.36. The van der Waals surface area contributed by atoms with Gasteiger partial charge in [0.1, 0.15) is 17.2 Å². The second-order valence-corrected chi connectivity index (χ2v) is 8.24. The molecule has 1 N–H and O–H groups in total. The number of carbonyl (C=O) groups excluding carboxylic acids is 2. The number of halogens is 2. The number of rotatable bonds is 6. The third-order valence-corrected chi connectivity index (χ3v) is 5.44. The zero-order valence-electron chi connectivity index (χ0n) is 17.8. The van der Waals surface area contributed by atoms with Crippen molar-refractivity contribution in [1.29, 1.82) is 0 Å². The highest BCUT2D eigenvalue weighted by atomic mass is 79.9. The molecule has 174 valence electrons. The first-order chi connectivity index (χ1) is 17.0. The van der Waals surface area contributed by atoms with Gasteiger partial charge in [-0.05, 0) is 60.7 Å². The maximum Gasteiger partial charge on any atom is 0.338 e.